The third kappa shape index (κ3) is 6.93. The lowest BCUT2D eigenvalue weighted by molar-refractivity contribution is -0.140. The highest BCUT2D eigenvalue weighted by Crippen LogP contribution is 2.33. The van der Waals surface area contributed by atoms with Crippen molar-refractivity contribution in [3.05, 3.63) is 83.9 Å². The highest BCUT2D eigenvalue weighted by atomic mass is 32.2. The summed E-state index contributed by atoms with van der Waals surface area (Å²) in [4.78, 5) is 28.6. The van der Waals surface area contributed by atoms with Crippen molar-refractivity contribution in [3.8, 4) is 11.5 Å². The zero-order valence-electron chi connectivity index (χ0n) is 23.6. The van der Waals surface area contributed by atoms with E-state index in [1.165, 1.54) is 31.3 Å². The predicted octanol–water partition coefficient (Wildman–Crippen LogP) is 4.15. The first-order chi connectivity index (χ1) is 19.2. The van der Waals surface area contributed by atoms with E-state index >= 15 is 0 Å². The van der Waals surface area contributed by atoms with Gasteiger partial charge in [0.25, 0.3) is 10.0 Å². The smallest absolute Gasteiger partial charge is 0.264 e. The van der Waals surface area contributed by atoms with Crippen LogP contribution in [0.25, 0.3) is 0 Å². The second-order valence-corrected chi connectivity index (χ2v) is 11.0. The number of hydrogen-bond acceptors (Lipinski definition) is 6. The minimum atomic E-state index is -4.23. The van der Waals surface area contributed by atoms with Crippen LogP contribution in [-0.4, -0.2) is 58.5 Å². The van der Waals surface area contributed by atoms with Crippen LogP contribution in [0.5, 0.6) is 11.5 Å². The summed E-state index contributed by atoms with van der Waals surface area (Å²) >= 11 is 0. The Morgan fingerprint density at radius 3 is 2.15 bits per heavy atom. The molecule has 3 aromatic carbocycles. The first-order valence-electron chi connectivity index (χ1n) is 13.1. The van der Waals surface area contributed by atoms with Crippen LogP contribution in [-0.2, 0) is 26.2 Å². The Balaban J connectivity index is 2.11. The number of nitrogens with zero attached hydrogens (tertiary/aromatic N) is 2. The molecule has 1 atom stereocenters. The topological polar surface area (TPSA) is 105 Å². The maximum absolute atomic E-state index is 14.1. The van der Waals surface area contributed by atoms with Crippen LogP contribution in [0.1, 0.15) is 31.4 Å². The fourth-order valence-corrected chi connectivity index (χ4v) is 5.83. The number of likely N-dealkylation sites (N-methyl/N-ethyl adjacent to an activating group) is 1. The number of carbonyl (C=O) groups excluding carboxylic acids is 2. The molecule has 0 bridgehead atoms. The molecule has 0 saturated heterocycles. The number of amides is 2. The molecular weight excluding hydrogens is 530 g/mol. The summed E-state index contributed by atoms with van der Waals surface area (Å²) in [5, 5.41) is 2.81. The minimum Gasteiger partial charge on any atom is -0.497 e. The number of hydrogen-bond donors (Lipinski definition) is 1. The number of sulfonamides is 1. The zero-order chi connectivity index (χ0) is 29.3. The van der Waals surface area contributed by atoms with E-state index < -0.39 is 28.5 Å². The Hall–Kier alpha value is -4.05. The van der Waals surface area contributed by atoms with E-state index in [1.807, 2.05) is 45.0 Å². The summed E-state index contributed by atoms with van der Waals surface area (Å²) in [6.45, 7) is 5.56. The third-order valence-corrected chi connectivity index (χ3v) is 8.39. The third-order valence-electron chi connectivity index (χ3n) is 6.62. The average molecular weight is 568 g/mol. The number of carbonyl (C=O) groups is 2. The Kier molecular flexibility index (Phi) is 10.6. The van der Waals surface area contributed by atoms with Crippen LogP contribution in [0.15, 0.2) is 77.7 Å². The number of aryl methyl sites for hydroxylation is 1. The van der Waals surface area contributed by atoms with Gasteiger partial charge < -0.3 is 19.7 Å². The van der Waals surface area contributed by atoms with E-state index in [0.717, 1.165) is 15.4 Å². The fourth-order valence-electron chi connectivity index (χ4n) is 4.41. The lowest BCUT2D eigenvalue weighted by Crippen LogP contribution is -2.52. The maximum atomic E-state index is 14.1. The molecule has 40 heavy (non-hydrogen) atoms. The lowest BCUT2D eigenvalue weighted by atomic mass is 10.1. The van der Waals surface area contributed by atoms with Crippen LogP contribution in [0, 0.1) is 6.92 Å². The summed E-state index contributed by atoms with van der Waals surface area (Å²) in [5.74, 6) is -0.0391. The van der Waals surface area contributed by atoms with Crippen molar-refractivity contribution >= 4 is 27.5 Å². The van der Waals surface area contributed by atoms with Crippen molar-refractivity contribution < 1.29 is 27.5 Å². The molecule has 2 amide bonds. The first-order valence-corrected chi connectivity index (χ1v) is 14.5. The van der Waals surface area contributed by atoms with Gasteiger partial charge in [0, 0.05) is 13.1 Å². The van der Waals surface area contributed by atoms with E-state index in [-0.39, 0.29) is 28.8 Å². The molecule has 3 rings (SSSR count). The molecular formula is C30H37N3O6S. The fraction of sp³-hybridized carbons (Fsp3) is 0.333. The number of para-hydroxylation sites is 2. The summed E-state index contributed by atoms with van der Waals surface area (Å²) in [6.07, 6.45) is 0.351. The summed E-state index contributed by atoms with van der Waals surface area (Å²) in [7, 11) is -1.31. The van der Waals surface area contributed by atoms with Crippen molar-refractivity contribution in [1.29, 1.82) is 0 Å². The van der Waals surface area contributed by atoms with E-state index in [9.17, 15) is 18.0 Å². The van der Waals surface area contributed by atoms with Gasteiger partial charge in [-0.2, -0.15) is 0 Å². The van der Waals surface area contributed by atoms with Gasteiger partial charge in [-0.3, -0.25) is 13.9 Å². The molecule has 214 valence electrons. The zero-order valence-corrected chi connectivity index (χ0v) is 24.4. The quantitative estimate of drug-likeness (QED) is 0.333. The highest BCUT2D eigenvalue weighted by Gasteiger charge is 2.34. The van der Waals surface area contributed by atoms with Crippen LogP contribution >= 0.6 is 0 Å². The molecule has 9 nitrogen and oxygen atoms in total. The molecule has 0 spiro atoms. The van der Waals surface area contributed by atoms with E-state index in [2.05, 4.69) is 5.32 Å². The van der Waals surface area contributed by atoms with Gasteiger partial charge >= 0.3 is 0 Å². The van der Waals surface area contributed by atoms with Crippen LogP contribution in [0.2, 0.25) is 0 Å². The lowest BCUT2D eigenvalue weighted by Gasteiger charge is -2.33. The van der Waals surface area contributed by atoms with E-state index in [0.29, 0.717) is 18.7 Å². The molecule has 0 unspecified atom stereocenters. The summed E-state index contributed by atoms with van der Waals surface area (Å²) in [5.41, 5.74) is 2.02. The van der Waals surface area contributed by atoms with Gasteiger partial charge in [0.05, 0.1) is 24.8 Å². The molecule has 0 heterocycles. The van der Waals surface area contributed by atoms with Crippen molar-refractivity contribution in [3.63, 3.8) is 0 Å². The predicted molar refractivity (Wildman–Crippen MR) is 155 cm³/mol. The monoisotopic (exact) mass is 567 g/mol. The van der Waals surface area contributed by atoms with Crippen LogP contribution < -0.4 is 19.1 Å². The molecule has 10 heteroatoms. The number of methoxy groups -OCH3 is 2. The Morgan fingerprint density at radius 2 is 1.55 bits per heavy atom. The molecule has 0 aliphatic heterocycles. The average Bonchev–Trinajstić information content (AvgIpc) is 2.96. The molecule has 0 aromatic heterocycles. The van der Waals surface area contributed by atoms with Crippen LogP contribution in [0.4, 0.5) is 5.69 Å². The maximum Gasteiger partial charge on any atom is 0.264 e. The number of rotatable bonds is 13. The Bertz CT molecular complexity index is 1410. The second kappa shape index (κ2) is 13.8. The van der Waals surface area contributed by atoms with Gasteiger partial charge in [-0.25, -0.2) is 8.42 Å². The number of ether oxygens (including phenoxy) is 2. The Morgan fingerprint density at radius 1 is 0.900 bits per heavy atom. The highest BCUT2D eigenvalue weighted by molar-refractivity contribution is 7.92. The van der Waals surface area contributed by atoms with Crippen molar-refractivity contribution in [2.24, 2.45) is 0 Å². The standard InChI is InChI=1S/C30H37N3O6S/c1-6-26(30(35)31-7-2)32(20-23-13-9-8-12-22(23)3)29(34)21-33(27-14-10-11-15-28(27)39-5)40(36,37)25-18-16-24(38-4)17-19-25/h8-19,26H,6-7,20-21H2,1-5H3,(H,31,35)/t26-/m1/s1. The summed E-state index contributed by atoms with van der Waals surface area (Å²) < 4.78 is 39.7. The molecule has 3 aromatic rings. The van der Waals surface area contributed by atoms with Gasteiger partial charge in [0.1, 0.15) is 24.1 Å². The molecule has 0 aliphatic carbocycles. The van der Waals surface area contributed by atoms with Gasteiger partial charge in [-0.05, 0) is 67.8 Å². The number of benzene rings is 3. The van der Waals surface area contributed by atoms with Crippen LogP contribution in [0.3, 0.4) is 0 Å². The normalized spacial score (nSPS) is 11.8. The molecule has 0 fully saturated rings. The molecule has 0 saturated carbocycles. The van der Waals surface area contributed by atoms with Gasteiger partial charge in [0.15, 0.2) is 0 Å². The molecule has 0 radical (unpaired) electrons. The van der Waals surface area contributed by atoms with Gasteiger partial charge in [-0.15, -0.1) is 0 Å². The second-order valence-electron chi connectivity index (χ2n) is 9.13. The largest absolute Gasteiger partial charge is 0.497 e. The first kappa shape index (κ1) is 30.5. The van der Waals surface area contributed by atoms with Crippen molar-refractivity contribution in [1.82, 2.24) is 10.2 Å². The van der Waals surface area contributed by atoms with Crippen molar-refractivity contribution in [2.75, 3.05) is 31.6 Å². The Labute approximate surface area is 236 Å². The SMILES string of the molecule is CCNC(=O)[C@@H](CC)N(Cc1ccccc1C)C(=O)CN(c1ccccc1OC)S(=O)(=O)c1ccc(OC)cc1. The molecule has 1 N–H and O–H groups in total. The number of nitrogens with one attached hydrogen (secondary N) is 1. The van der Waals surface area contributed by atoms with E-state index in [4.69, 9.17) is 9.47 Å². The van der Waals surface area contributed by atoms with Gasteiger partial charge in [0.2, 0.25) is 11.8 Å². The minimum absolute atomic E-state index is 0.0202. The van der Waals surface area contributed by atoms with E-state index in [1.54, 1.807) is 36.4 Å². The van der Waals surface area contributed by atoms with Gasteiger partial charge in [-0.1, -0.05) is 43.3 Å². The summed E-state index contributed by atoms with van der Waals surface area (Å²) in [6, 6.07) is 19.3. The van der Waals surface area contributed by atoms with Crippen molar-refractivity contribution in [2.45, 2.75) is 44.7 Å². The molecule has 0 aliphatic rings. The number of anilines is 1.